The number of hydrogen-bond donors (Lipinski definition) is 0. The van der Waals surface area contributed by atoms with E-state index in [1.807, 2.05) is 6.07 Å². The van der Waals surface area contributed by atoms with E-state index in [1.165, 1.54) is 5.56 Å². The molecule has 0 radical (unpaired) electrons. The summed E-state index contributed by atoms with van der Waals surface area (Å²) < 4.78 is 0. The molecule has 0 saturated carbocycles. The predicted molar refractivity (Wildman–Crippen MR) is 48.3 cm³/mol. The lowest BCUT2D eigenvalue weighted by Crippen LogP contribution is -2.04. The van der Waals surface area contributed by atoms with Gasteiger partial charge in [-0.15, -0.1) is 0 Å². The molecule has 1 atom stereocenters. The fraction of sp³-hybridized carbons (Fsp3) is 0.400. The minimum atomic E-state index is 0.437. The third kappa shape index (κ3) is 1.70. The van der Waals surface area contributed by atoms with Gasteiger partial charge in [0.05, 0.1) is 12.6 Å². The minimum Gasteiger partial charge on any atom is -0.194 e. The molecule has 1 aliphatic rings. The van der Waals surface area contributed by atoms with E-state index in [2.05, 4.69) is 34.5 Å². The molecule has 1 aromatic rings. The summed E-state index contributed by atoms with van der Waals surface area (Å²) in [6.07, 6.45) is 2.17. The minimum absolute atomic E-state index is 0.437. The Kier molecular flexibility index (Phi) is 2.16. The quantitative estimate of drug-likeness (QED) is 0.635. The lowest BCUT2D eigenvalue weighted by atomic mass is 10.1. The molecule has 2 nitrogen and oxygen atoms in total. The summed E-state index contributed by atoms with van der Waals surface area (Å²) in [4.78, 5) is 0. The lowest BCUT2D eigenvalue weighted by Gasteiger charge is -2.03. The van der Waals surface area contributed by atoms with Crippen molar-refractivity contribution in [2.24, 2.45) is 10.2 Å². The Morgan fingerprint density at radius 1 is 1.25 bits per heavy atom. The van der Waals surface area contributed by atoms with Crippen molar-refractivity contribution in [3.05, 3.63) is 35.9 Å². The highest BCUT2D eigenvalue weighted by Gasteiger charge is 2.11. The Balaban J connectivity index is 1.99. The van der Waals surface area contributed by atoms with E-state index in [1.54, 1.807) is 0 Å². The Bertz CT molecular complexity index is 266. The second kappa shape index (κ2) is 3.48. The largest absolute Gasteiger partial charge is 0.194 e. The standard InChI is InChI=1S/C10H12N2/c1-2-4-9(5-3-1)8-10-6-7-11-12-10/h1-5,10H,6-8H2/t10-/m1/s1. The van der Waals surface area contributed by atoms with Crippen LogP contribution in [0.4, 0.5) is 0 Å². The molecule has 0 fully saturated rings. The van der Waals surface area contributed by atoms with Crippen LogP contribution in [0.1, 0.15) is 12.0 Å². The normalized spacial score (nSPS) is 21.5. The predicted octanol–water partition coefficient (Wildman–Crippen LogP) is 2.45. The summed E-state index contributed by atoms with van der Waals surface area (Å²) in [5, 5.41) is 8.14. The summed E-state index contributed by atoms with van der Waals surface area (Å²) >= 11 is 0. The molecule has 62 valence electrons. The van der Waals surface area contributed by atoms with Gasteiger partial charge in [0, 0.05) is 0 Å². The highest BCUT2D eigenvalue weighted by molar-refractivity contribution is 5.16. The molecule has 0 unspecified atom stereocenters. The smallest absolute Gasteiger partial charge is 0.0766 e. The first-order valence-electron chi connectivity index (χ1n) is 4.36. The van der Waals surface area contributed by atoms with E-state index >= 15 is 0 Å². The number of nitrogens with zero attached hydrogens (tertiary/aromatic N) is 2. The van der Waals surface area contributed by atoms with Crippen LogP contribution in [0.3, 0.4) is 0 Å². The van der Waals surface area contributed by atoms with Crippen LogP contribution >= 0.6 is 0 Å². The summed E-state index contributed by atoms with van der Waals surface area (Å²) in [6.45, 7) is 0.914. The number of rotatable bonds is 2. The zero-order valence-corrected chi connectivity index (χ0v) is 6.98. The van der Waals surface area contributed by atoms with Crippen LogP contribution in [0.2, 0.25) is 0 Å². The van der Waals surface area contributed by atoms with Crippen molar-refractivity contribution in [2.75, 3.05) is 6.54 Å². The molecule has 2 heteroatoms. The van der Waals surface area contributed by atoms with Gasteiger partial charge < -0.3 is 0 Å². The Hall–Kier alpha value is -1.18. The van der Waals surface area contributed by atoms with Crippen LogP contribution in [0.25, 0.3) is 0 Å². The van der Waals surface area contributed by atoms with Gasteiger partial charge in [-0.05, 0) is 18.4 Å². The maximum atomic E-state index is 4.16. The van der Waals surface area contributed by atoms with Crippen LogP contribution < -0.4 is 0 Å². The molecule has 0 N–H and O–H groups in total. The Morgan fingerprint density at radius 2 is 2.08 bits per heavy atom. The molecular formula is C10H12N2. The molecule has 12 heavy (non-hydrogen) atoms. The van der Waals surface area contributed by atoms with Gasteiger partial charge in [0.2, 0.25) is 0 Å². The van der Waals surface area contributed by atoms with Crippen LogP contribution in [0, 0.1) is 0 Å². The average molecular weight is 160 g/mol. The van der Waals surface area contributed by atoms with Gasteiger partial charge in [-0.2, -0.15) is 10.2 Å². The second-order valence-electron chi connectivity index (χ2n) is 3.11. The molecule has 0 amide bonds. The van der Waals surface area contributed by atoms with Gasteiger partial charge in [-0.1, -0.05) is 30.3 Å². The molecular weight excluding hydrogens is 148 g/mol. The van der Waals surface area contributed by atoms with Crippen molar-refractivity contribution in [1.29, 1.82) is 0 Å². The van der Waals surface area contributed by atoms with E-state index < -0.39 is 0 Å². The SMILES string of the molecule is c1ccc(C[C@H]2CCN=N2)cc1. The maximum absolute atomic E-state index is 4.16. The van der Waals surface area contributed by atoms with Crippen LogP contribution in [-0.4, -0.2) is 12.6 Å². The van der Waals surface area contributed by atoms with E-state index in [-0.39, 0.29) is 0 Å². The first kappa shape index (κ1) is 7.47. The second-order valence-corrected chi connectivity index (χ2v) is 3.11. The third-order valence-electron chi connectivity index (χ3n) is 2.12. The van der Waals surface area contributed by atoms with Crippen molar-refractivity contribution in [1.82, 2.24) is 0 Å². The van der Waals surface area contributed by atoms with Gasteiger partial charge in [0.15, 0.2) is 0 Å². The zero-order chi connectivity index (χ0) is 8.23. The number of benzene rings is 1. The lowest BCUT2D eigenvalue weighted by molar-refractivity contribution is 0.681. The van der Waals surface area contributed by atoms with Gasteiger partial charge in [0.25, 0.3) is 0 Å². The third-order valence-corrected chi connectivity index (χ3v) is 2.12. The number of azo groups is 1. The van der Waals surface area contributed by atoms with Gasteiger partial charge in [0.1, 0.15) is 0 Å². The topological polar surface area (TPSA) is 24.7 Å². The average Bonchev–Trinajstić information content (AvgIpc) is 2.59. The van der Waals surface area contributed by atoms with Crippen LogP contribution in [0.15, 0.2) is 40.6 Å². The summed E-state index contributed by atoms with van der Waals surface area (Å²) in [7, 11) is 0. The van der Waals surface area contributed by atoms with Crippen molar-refractivity contribution in [3.8, 4) is 0 Å². The Labute approximate surface area is 72.3 Å². The van der Waals surface area contributed by atoms with Crippen LogP contribution in [0.5, 0.6) is 0 Å². The summed E-state index contributed by atoms with van der Waals surface area (Å²) in [5.41, 5.74) is 1.36. The molecule has 0 aromatic heterocycles. The Morgan fingerprint density at radius 3 is 2.75 bits per heavy atom. The fourth-order valence-corrected chi connectivity index (χ4v) is 1.47. The summed E-state index contributed by atoms with van der Waals surface area (Å²) in [6, 6.07) is 10.9. The molecule has 0 bridgehead atoms. The van der Waals surface area contributed by atoms with Crippen molar-refractivity contribution < 1.29 is 0 Å². The molecule has 0 aliphatic carbocycles. The van der Waals surface area contributed by atoms with E-state index in [9.17, 15) is 0 Å². The van der Waals surface area contributed by atoms with Gasteiger partial charge in [-0.25, -0.2) is 0 Å². The maximum Gasteiger partial charge on any atom is 0.0766 e. The highest BCUT2D eigenvalue weighted by Crippen LogP contribution is 2.13. The zero-order valence-electron chi connectivity index (χ0n) is 6.98. The van der Waals surface area contributed by atoms with Gasteiger partial charge in [-0.3, -0.25) is 0 Å². The van der Waals surface area contributed by atoms with E-state index in [4.69, 9.17) is 0 Å². The molecule has 0 spiro atoms. The fourth-order valence-electron chi connectivity index (χ4n) is 1.47. The van der Waals surface area contributed by atoms with Gasteiger partial charge >= 0.3 is 0 Å². The van der Waals surface area contributed by atoms with Crippen molar-refractivity contribution in [3.63, 3.8) is 0 Å². The van der Waals surface area contributed by atoms with Crippen molar-refractivity contribution in [2.45, 2.75) is 18.9 Å². The highest BCUT2D eigenvalue weighted by atomic mass is 15.1. The first-order chi connectivity index (χ1) is 5.95. The summed E-state index contributed by atoms with van der Waals surface area (Å²) in [5.74, 6) is 0. The number of hydrogen-bond acceptors (Lipinski definition) is 2. The van der Waals surface area contributed by atoms with Crippen molar-refractivity contribution >= 4 is 0 Å². The van der Waals surface area contributed by atoms with E-state index in [0.29, 0.717) is 6.04 Å². The first-order valence-corrected chi connectivity index (χ1v) is 4.36. The molecule has 0 saturated heterocycles. The monoisotopic (exact) mass is 160 g/mol. The molecule has 1 heterocycles. The molecule has 1 aliphatic heterocycles. The van der Waals surface area contributed by atoms with E-state index in [0.717, 1.165) is 19.4 Å². The molecule has 1 aromatic carbocycles. The van der Waals surface area contributed by atoms with Crippen LogP contribution in [-0.2, 0) is 6.42 Å². The molecule has 2 rings (SSSR count).